The largest absolute Gasteiger partial charge is 0.481 e. The van der Waals surface area contributed by atoms with E-state index in [0.29, 0.717) is 12.8 Å². The number of amides is 1. The van der Waals surface area contributed by atoms with Gasteiger partial charge in [0, 0.05) is 6.20 Å². The van der Waals surface area contributed by atoms with Crippen LogP contribution in [0, 0.1) is 11.8 Å². The Balaban J connectivity index is 2.01. The molecule has 1 amide bonds. The van der Waals surface area contributed by atoms with Gasteiger partial charge in [-0.2, -0.15) is 0 Å². The second-order valence-corrected chi connectivity index (χ2v) is 5.32. The number of pyridine rings is 1. The number of nitrogens with zero attached hydrogens (tertiary/aromatic N) is 1. The molecule has 2 unspecified atom stereocenters. The minimum atomic E-state index is -0.865. The van der Waals surface area contributed by atoms with Crippen molar-refractivity contribution in [2.45, 2.75) is 38.6 Å². The Kier molecular flexibility index (Phi) is 4.71. The van der Waals surface area contributed by atoms with Crippen LogP contribution in [0.1, 0.15) is 44.3 Å². The minimum absolute atomic E-state index is 0.171. The van der Waals surface area contributed by atoms with E-state index in [2.05, 4.69) is 10.3 Å². The van der Waals surface area contributed by atoms with Crippen LogP contribution in [0.3, 0.4) is 0 Å². The van der Waals surface area contributed by atoms with Gasteiger partial charge in [0.15, 0.2) is 0 Å². The van der Waals surface area contributed by atoms with Crippen LogP contribution in [-0.2, 0) is 9.59 Å². The van der Waals surface area contributed by atoms with Crippen molar-refractivity contribution in [1.82, 2.24) is 10.3 Å². The second-order valence-electron chi connectivity index (χ2n) is 5.32. The first kappa shape index (κ1) is 14.5. The summed E-state index contributed by atoms with van der Waals surface area (Å²) in [5.74, 6) is -2.02. The van der Waals surface area contributed by atoms with Gasteiger partial charge in [0.25, 0.3) is 0 Å². The first-order chi connectivity index (χ1) is 9.59. The molecule has 0 bridgehead atoms. The smallest absolute Gasteiger partial charge is 0.307 e. The lowest BCUT2D eigenvalue weighted by Gasteiger charge is -2.28. The third-order valence-electron chi connectivity index (χ3n) is 3.91. The van der Waals surface area contributed by atoms with Crippen LogP contribution < -0.4 is 5.32 Å². The Hall–Kier alpha value is -1.91. The summed E-state index contributed by atoms with van der Waals surface area (Å²) >= 11 is 0. The number of carboxylic acid groups (broad SMARTS) is 1. The fourth-order valence-electron chi connectivity index (χ4n) is 2.77. The molecule has 1 saturated carbocycles. The highest BCUT2D eigenvalue weighted by atomic mass is 16.4. The average molecular weight is 276 g/mol. The summed E-state index contributed by atoms with van der Waals surface area (Å²) in [7, 11) is 0. The first-order valence-electron chi connectivity index (χ1n) is 7.03. The lowest BCUT2D eigenvalue weighted by molar-refractivity contribution is -0.149. The maximum Gasteiger partial charge on any atom is 0.307 e. The SMILES string of the molecule is C[C@@H](NC(=O)C1CCCCC1C(=O)O)c1ccccn1. The van der Waals surface area contributed by atoms with E-state index in [0.717, 1.165) is 18.5 Å². The third kappa shape index (κ3) is 3.35. The van der Waals surface area contributed by atoms with Gasteiger partial charge in [-0.1, -0.05) is 18.9 Å². The van der Waals surface area contributed by atoms with Crippen molar-refractivity contribution in [2.75, 3.05) is 0 Å². The zero-order chi connectivity index (χ0) is 14.5. The quantitative estimate of drug-likeness (QED) is 0.883. The van der Waals surface area contributed by atoms with Gasteiger partial charge in [-0.25, -0.2) is 0 Å². The van der Waals surface area contributed by atoms with E-state index in [-0.39, 0.29) is 11.9 Å². The Morgan fingerprint density at radius 1 is 1.30 bits per heavy atom. The van der Waals surface area contributed by atoms with Crippen molar-refractivity contribution >= 4 is 11.9 Å². The second kappa shape index (κ2) is 6.50. The van der Waals surface area contributed by atoms with E-state index >= 15 is 0 Å². The summed E-state index contributed by atoms with van der Waals surface area (Å²) < 4.78 is 0. The first-order valence-corrected chi connectivity index (χ1v) is 7.03. The van der Waals surface area contributed by atoms with Gasteiger partial charge in [0.05, 0.1) is 23.6 Å². The monoisotopic (exact) mass is 276 g/mol. The fourth-order valence-corrected chi connectivity index (χ4v) is 2.77. The standard InChI is InChI=1S/C15H20N2O3/c1-10(13-8-4-5-9-16-13)17-14(18)11-6-2-3-7-12(11)15(19)20/h4-5,8-12H,2-3,6-7H2,1H3,(H,17,18)(H,19,20)/t10-,11?,12?/m1/s1. The topological polar surface area (TPSA) is 79.3 Å². The molecular formula is C15H20N2O3. The maximum absolute atomic E-state index is 12.3. The molecule has 20 heavy (non-hydrogen) atoms. The molecule has 0 saturated heterocycles. The van der Waals surface area contributed by atoms with Crippen LogP contribution in [0.5, 0.6) is 0 Å². The zero-order valence-corrected chi connectivity index (χ0v) is 11.6. The molecule has 5 nitrogen and oxygen atoms in total. The summed E-state index contributed by atoms with van der Waals surface area (Å²) in [5.41, 5.74) is 0.781. The molecule has 2 N–H and O–H groups in total. The Labute approximate surface area is 118 Å². The number of aromatic nitrogens is 1. The summed E-state index contributed by atoms with van der Waals surface area (Å²) in [6.45, 7) is 1.86. The normalized spacial score (nSPS) is 23.9. The molecule has 0 spiro atoms. The van der Waals surface area contributed by atoms with Crippen LogP contribution in [-0.4, -0.2) is 22.0 Å². The maximum atomic E-state index is 12.3. The predicted octanol–water partition coefficient (Wildman–Crippen LogP) is 2.15. The zero-order valence-electron chi connectivity index (χ0n) is 11.6. The molecule has 1 aromatic rings. The van der Waals surface area contributed by atoms with Crippen molar-refractivity contribution in [2.24, 2.45) is 11.8 Å². The number of aliphatic carboxylic acids is 1. The van der Waals surface area contributed by atoms with Crippen molar-refractivity contribution in [1.29, 1.82) is 0 Å². The lowest BCUT2D eigenvalue weighted by atomic mass is 9.78. The predicted molar refractivity (Wildman–Crippen MR) is 73.9 cm³/mol. The molecule has 1 heterocycles. The summed E-state index contributed by atoms with van der Waals surface area (Å²) in [6.07, 6.45) is 4.72. The molecular weight excluding hydrogens is 256 g/mol. The summed E-state index contributed by atoms with van der Waals surface area (Å²) in [4.78, 5) is 27.7. The van der Waals surface area contributed by atoms with E-state index in [1.54, 1.807) is 6.20 Å². The fraction of sp³-hybridized carbons (Fsp3) is 0.533. The van der Waals surface area contributed by atoms with Crippen molar-refractivity contribution < 1.29 is 14.7 Å². The van der Waals surface area contributed by atoms with Gasteiger partial charge in [-0.05, 0) is 31.9 Å². The number of carboxylic acids is 1. The van der Waals surface area contributed by atoms with Gasteiger partial charge in [0.2, 0.25) is 5.91 Å². The van der Waals surface area contributed by atoms with Crippen LogP contribution in [0.4, 0.5) is 0 Å². The molecule has 2 rings (SSSR count). The van der Waals surface area contributed by atoms with E-state index in [1.165, 1.54) is 0 Å². The number of carbonyl (C=O) groups excluding carboxylic acids is 1. The van der Waals surface area contributed by atoms with E-state index < -0.39 is 17.8 Å². The van der Waals surface area contributed by atoms with E-state index in [9.17, 15) is 14.7 Å². The Morgan fingerprint density at radius 3 is 2.60 bits per heavy atom. The average Bonchev–Trinajstić information content (AvgIpc) is 2.48. The minimum Gasteiger partial charge on any atom is -0.481 e. The van der Waals surface area contributed by atoms with Gasteiger partial charge in [-0.3, -0.25) is 14.6 Å². The van der Waals surface area contributed by atoms with Crippen LogP contribution >= 0.6 is 0 Å². The molecule has 0 aromatic carbocycles. The molecule has 108 valence electrons. The van der Waals surface area contributed by atoms with Crippen LogP contribution in [0.25, 0.3) is 0 Å². The number of nitrogens with one attached hydrogen (secondary N) is 1. The Morgan fingerprint density at radius 2 is 2.00 bits per heavy atom. The van der Waals surface area contributed by atoms with Crippen LogP contribution in [0.15, 0.2) is 24.4 Å². The summed E-state index contributed by atoms with van der Waals surface area (Å²) in [6, 6.07) is 5.33. The van der Waals surface area contributed by atoms with E-state index in [4.69, 9.17) is 0 Å². The molecule has 3 atom stereocenters. The molecule has 1 fully saturated rings. The molecule has 5 heteroatoms. The van der Waals surface area contributed by atoms with Gasteiger partial charge in [-0.15, -0.1) is 0 Å². The van der Waals surface area contributed by atoms with E-state index in [1.807, 2.05) is 25.1 Å². The number of carbonyl (C=O) groups is 2. The molecule has 1 aliphatic carbocycles. The van der Waals surface area contributed by atoms with Crippen molar-refractivity contribution in [3.05, 3.63) is 30.1 Å². The van der Waals surface area contributed by atoms with Gasteiger partial charge < -0.3 is 10.4 Å². The van der Waals surface area contributed by atoms with Gasteiger partial charge in [0.1, 0.15) is 0 Å². The van der Waals surface area contributed by atoms with Gasteiger partial charge >= 0.3 is 5.97 Å². The summed E-state index contributed by atoms with van der Waals surface area (Å²) in [5, 5.41) is 12.1. The Bertz CT molecular complexity index is 475. The molecule has 0 radical (unpaired) electrons. The molecule has 0 aliphatic heterocycles. The van der Waals surface area contributed by atoms with Crippen molar-refractivity contribution in [3.63, 3.8) is 0 Å². The molecule has 1 aromatic heterocycles. The number of rotatable bonds is 4. The van der Waals surface area contributed by atoms with Crippen LogP contribution in [0.2, 0.25) is 0 Å². The highest BCUT2D eigenvalue weighted by Gasteiger charge is 2.36. The lowest BCUT2D eigenvalue weighted by Crippen LogP contribution is -2.40. The number of hydrogen-bond donors (Lipinski definition) is 2. The highest BCUT2D eigenvalue weighted by Crippen LogP contribution is 2.30. The third-order valence-corrected chi connectivity index (χ3v) is 3.91. The van der Waals surface area contributed by atoms with Crippen molar-refractivity contribution in [3.8, 4) is 0 Å². The highest BCUT2D eigenvalue weighted by molar-refractivity contribution is 5.85. The molecule has 1 aliphatic rings. The number of hydrogen-bond acceptors (Lipinski definition) is 3.